The summed E-state index contributed by atoms with van der Waals surface area (Å²) in [7, 11) is 0. The molecule has 0 aromatic carbocycles. The quantitative estimate of drug-likeness (QED) is 0.665. The van der Waals surface area contributed by atoms with E-state index in [4.69, 9.17) is 4.74 Å². The Morgan fingerprint density at radius 1 is 1.50 bits per heavy atom. The Bertz CT molecular complexity index is 219. The van der Waals surface area contributed by atoms with E-state index in [0.717, 1.165) is 12.2 Å². The van der Waals surface area contributed by atoms with Crippen LogP contribution in [0, 0.1) is 0 Å². The third-order valence-corrected chi connectivity index (χ3v) is 4.14. The molecule has 2 unspecified atom stereocenters. The third kappa shape index (κ3) is 5.21. The summed E-state index contributed by atoms with van der Waals surface area (Å²) >= 11 is 1.85. The van der Waals surface area contributed by atoms with Crippen molar-refractivity contribution in [3.8, 4) is 0 Å². The Balaban J connectivity index is 2.32. The minimum atomic E-state index is -0.119. The molecule has 1 N–H and O–H groups in total. The van der Waals surface area contributed by atoms with Gasteiger partial charge in [0.05, 0.1) is 6.61 Å². The van der Waals surface area contributed by atoms with Crippen molar-refractivity contribution in [2.75, 3.05) is 12.4 Å². The molecule has 94 valence electrons. The Hall–Kier alpha value is -0.220. The lowest BCUT2D eigenvalue weighted by Crippen LogP contribution is -2.41. The number of rotatable bonds is 8. The van der Waals surface area contributed by atoms with E-state index in [9.17, 15) is 4.79 Å². The van der Waals surface area contributed by atoms with E-state index in [0.29, 0.717) is 17.9 Å². The molecule has 0 bridgehead atoms. The molecule has 1 fully saturated rings. The standard InChI is InChI=1S/C12H23NO2S/c1-4-9(3)16-8-11(12(14)15-5-2)13-10-6-7-10/h9-11,13H,4-8H2,1-3H3. The van der Waals surface area contributed by atoms with Gasteiger partial charge in [-0.2, -0.15) is 11.8 Å². The summed E-state index contributed by atoms with van der Waals surface area (Å²) in [6.07, 6.45) is 3.54. The number of hydrogen-bond donors (Lipinski definition) is 1. The van der Waals surface area contributed by atoms with Crippen LogP contribution in [-0.4, -0.2) is 35.7 Å². The van der Waals surface area contributed by atoms with Crippen molar-refractivity contribution in [2.24, 2.45) is 0 Å². The van der Waals surface area contributed by atoms with Gasteiger partial charge in [0, 0.05) is 17.0 Å². The maximum atomic E-state index is 11.7. The number of esters is 1. The number of ether oxygens (including phenoxy) is 1. The first-order chi connectivity index (χ1) is 7.67. The van der Waals surface area contributed by atoms with E-state index in [1.165, 1.54) is 12.8 Å². The van der Waals surface area contributed by atoms with Crippen molar-refractivity contribution in [2.45, 2.75) is 57.4 Å². The highest BCUT2D eigenvalue weighted by Crippen LogP contribution is 2.22. The van der Waals surface area contributed by atoms with Gasteiger partial charge in [-0.1, -0.05) is 13.8 Å². The van der Waals surface area contributed by atoms with E-state index in [1.807, 2.05) is 18.7 Å². The molecule has 0 heterocycles. The first-order valence-electron chi connectivity index (χ1n) is 6.21. The summed E-state index contributed by atoms with van der Waals surface area (Å²) < 4.78 is 5.08. The monoisotopic (exact) mass is 245 g/mol. The number of hydrogen-bond acceptors (Lipinski definition) is 4. The van der Waals surface area contributed by atoms with Crippen LogP contribution in [0.5, 0.6) is 0 Å². The lowest BCUT2D eigenvalue weighted by atomic mass is 10.3. The lowest BCUT2D eigenvalue weighted by molar-refractivity contribution is -0.145. The largest absolute Gasteiger partial charge is 0.465 e. The first kappa shape index (κ1) is 13.8. The first-order valence-corrected chi connectivity index (χ1v) is 7.26. The van der Waals surface area contributed by atoms with Gasteiger partial charge in [0.1, 0.15) is 6.04 Å². The van der Waals surface area contributed by atoms with Crippen LogP contribution in [0.3, 0.4) is 0 Å². The number of thioether (sulfide) groups is 1. The second kappa shape index (κ2) is 7.17. The summed E-state index contributed by atoms with van der Waals surface area (Å²) in [5, 5.41) is 3.97. The Morgan fingerprint density at radius 2 is 2.19 bits per heavy atom. The molecule has 0 saturated heterocycles. The van der Waals surface area contributed by atoms with Crippen LogP contribution in [0.1, 0.15) is 40.0 Å². The predicted molar refractivity (Wildman–Crippen MR) is 68.8 cm³/mol. The second-order valence-corrected chi connectivity index (χ2v) is 5.77. The lowest BCUT2D eigenvalue weighted by Gasteiger charge is -2.18. The van der Waals surface area contributed by atoms with Crippen LogP contribution in [-0.2, 0) is 9.53 Å². The SMILES string of the molecule is CCOC(=O)C(CSC(C)CC)NC1CC1. The van der Waals surface area contributed by atoms with Crippen molar-refractivity contribution in [3.63, 3.8) is 0 Å². The van der Waals surface area contributed by atoms with Crippen LogP contribution < -0.4 is 5.32 Å². The topological polar surface area (TPSA) is 38.3 Å². The van der Waals surface area contributed by atoms with Crippen LogP contribution in [0.15, 0.2) is 0 Å². The molecule has 3 nitrogen and oxygen atoms in total. The maximum absolute atomic E-state index is 11.7. The molecular formula is C12H23NO2S. The van der Waals surface area contributed by atoms with Crippen LogP contribution in [0.4, 0.5) is 0 Å². The molecule has 0 amide bonds. The Morgan fingerprint density at radius 3 is 2.69 bits per heavy atom. The molecule has 1 saturated carbocycles. The minimum absolute atomic E-state index is 0.0924. The average molecular weight is 245 g/mol. The normalized spacial score (nSPS) is 19.2. The molecule has 0 aromatic rings. The van der Waals surface area contributed by atoms with Gasteiger partial charge in [0.25, 0.3) is 0 Å². The molecular weight excluding hydrogens is 222 g/mol. The van der Waals surface area contributed by atoms with Crippen molar-refractivity contribution in [1.29, 1.82) is 0 Å². The number of nitrogens with one attached hydrogen (secondary N) is 1. The van der Waals surface area contributed by atoms with E-state index >= 15 is 0 Å². The van der Waals surface area contributed by atoms with Gasteiger partial charge < -0.3 is 10.1 Å². The predicted octanol–water partition coefficient (Wildman–Crippen LogP) is 2.20. The summed E-state index contributed by atoms with van der Waals surface area (Å²) in [6, 6.07) is 0.429. The molecule has 1 rings (SSSR count). The Kier molecular flexibility index (Phi) is 6.21. The molecule has 4 heteroatoms. The minimum Gasteiger partial charge on any atom is -0.465 e. The molecule has 1 aliphatic carbocycles. The summed E-state index contributed by atoms with van der Waals surface area (Å²) in [6.45, 7) is 6.69. The van der Waals surface area contributed by atoms with Crippen LogP contribution in [0.25, 0.3) is 0 Å². The van der Waals surface area contributed by atoms with E-state index in [-0.39, 0.29) is 12.0 Å². The molecule has 2 atom stereocenters. The number of carbonyl (C=O) groups excluding carboxylic acids is 1. The van der Waals surface area contributed by atoms with Gasteiger partial charge in [0.15, 0.2) is 0 Å². The van der Waals surface area contributed by atoms with Gasteiger partial charge in [-0.25, -0.2) is 0 Å². The van der Waals surface area contributed by atoms with Crippen LogP contribution >= 0.6 is 11.8 Å². The smallest absolute Gasteiger partial charge is 0.323 e. The number of carbonyl (C=O) groups is 1. The van der Waals surface area contributed by atoms with Gasteiger partial charge in [-0.15, -0.1) is 0 Å². The third-order valence-electron chi connectivity index (χ3n) is 2.71. The summed E-state index contributed by atoms with van der Waals surface area (Å²) in [5.41, 5.74) is 0. The van der Waals surface area contributed by atoms with Gasteiger partial charge in [-0.3, -0.25) is 4.79 Å². The molecule has 0 radical (unpaired) electrons. The zero-order chi connectivity index (χ0) is 12.0. The Labute approximate surface area is 103 Å². The zero-order valence-corrected chi connectivity index (χ0v) is 11.3. The van der Waals surface area contributed by atoms with Gasteiger partial charge in [0.2, 0.25) is 0 Å². The van der Waals surface area contributed by atoms with Gasteiger partial charge in [-0.05, 0) is 26.2 Å². The molecule has 16 heavy (non-hydrogen) atoms. The maximum Gasteiger partial charge on any atom is 0.323 e. The molecule has 0 aromatic heterocycles. The van der Waals surface area contributed by atoms with Crippen molar-refractivity contribution in [3.05, 3.63) is 0 Å². The fourth-order valence-electron chi connectivity index (χ4n) is 1.34. The summed E-state index contributed by atoms with van der Waals surface area (Å²) in [4.78, 5) is 11.7. The molecule has 0 spiro atoms. The molecule has 1 aliphatic rings. The van der Waals surface area contributed by atoms with E-state index < -0.39 is 0 Å². The highest BCUT2D eigenvalue weighted by molar-refractivity contribution is 7.99. The zero-order valence-electron chi connectivity index (χ0n) is 10.5. The van der Waals surface area contributed by atoms with Crippen LogP contribution in [0.2, 0.25) is 0 Å². The van der Waals surface area contributed by atoms with E-state index in [1.54, 1.807) is 0 Å². The van der Waals surface area contributed by atoms with Crippen molar-refractivity contribution < 1.29 is 9.53 Å². The highest BCUT2D eigenvalue weighted by atomic mass is 32.2. The van der Waals surface area contributed by atoms with Crippen molar-refractivity contribution in [1.82, 2.24) is 5.32 Å². The van der Waals surface area contributed by atoms with Crippen molar-refractivity contribution >= 4 is 17.7 Å². The molecule has 0 aliphatic heterocycles. The second-order valence-electron chi connectivity index (χ2n) is 4.30. The average Bonchev–Trinajstić information content (AvgIpc) is 3.07. The van der Waals surface area contributed by atoms with Gasteiger partial charge >= 0.3 is 5.97 Å². The fourth-order valence-corrected chi connectivity index (χ4v) is 2.33. The highest BCUT2D eigenvalue weighted by Gasteiger charge is 2.29. The fraction of sp³-hybridized carbons (Fsp3) is 0.917. The summed E-state index contributed by atoms with van der Waals surface area (Å²) in [5.74, 6) is 0.731. The van der Waals surface area contributed by atoms with E-state index in [2.05, 4.69) is 19.2 Å².